The van der Waals surface area contributed by atoms with Gasteiger partial charge >= 0.3 is 0 Å². The van der Waals surface area contributed by atoms with E-state index in [0.717, 1.165) is 5.56 Å². The van der Waals surface area contributed by atoms with Crippen molar-refractivity contribution in [1.82, 2.24) is 0 Å². The van der Waals surface area contributed by atoms with Crippen LogP contribution in [0.4, 0.5) is 11.4 Å². The highest BCUT2D eigenvalue weighted by atomic mass is 35.5. The van der Waals surface area contributed by atoms with Crippen LogP contribution in [0.25, 0.3) is 0 Å². The maximum atomic E-state index is 12.6. The monoisotopic (exact) mass is 494 g/mol. The summed E-state index contributed by atoms with van der Waals surface area (Å²) in [7, 11) is -2.38. The highest BCUT2D eigenvalue weighted by Gasteiger charge is 2.15. The number of amides is 1. The number of aryl methyl sites for hydroxylation is 1. The third kappa shape index (κ3) is 6.06. The van der Waals surface area contributed by atoms with E-state index >= 15 is 0 Å². The van der Waals surface area contributed by atoms with Gasteiger partial charge in [0.2, 0.25) is 0 Å². The second-order valence-corrected chi connectivity index (χ2v) is 9.25. The molecule has 2 N–H and O–H groups in total. The minimum atomic E-state index is -3.84. The summed E-state index contributed by atoms with van der Waals surface area (Å²) in [6.45, 7) is 1.60. The van der Waals surface area contributed by atoms with Gasteiger partial charge in [0, 0.05) is 10.7 Å². The molecule has 32 heavy (non-hydrogen) atoms. The van der Waals surface area contributed by atoms with E-state index in [1.54, 1.807) is 30.3 Å². The molecule has 0 saturated heterocycles. The number of sulfonamides is 1. The number of halogens is 2. The SMILES string of the molecule is COc1ccc(NS(=O)(=O)c2ccc(OCC(=O)Nc3cc(Cl)ccc3C)cc2)cc1Cl. The number of carbonyl (C=O) groups excluding carboxylic acids is 1. The maximum absolute atomic E-state index is 12.6. The minimum Gasteiger partial charge on any atom is -0.495 e. The first-order valence-electron chi connectivity index (χ1n) is 9.33. The third-order valence-corrected chi connectivity index (χ3v) is 6.31. The van der Waals surface area contributed by atoms with Crippen LogP contribution in [0.5, 0.6) is 11.5 Å². The van der Waals surface area contributed by atoms with Crippen molar-refractivity contribution in [2.24, 2.45) is 0 Å². The number of carbonyl (C=O) groups is 1. The minimum absolute atomic E-state index is 0.0239. The molecule has 0 heterocycles. The molecule has 0 aliphatic carbocycles. The molecule has 168 valence electrons. The van der Waals surface area contributed by atoms with E-state index in [-0.39, 0.29) is 22.4 Å². The molecule has 3 aromatic rings. The molecule has 1 amide bonds. The molecule has 0 saturated carbocycles. The topological polar surface area (TPSA) is 93.7 Å². The molecule has 3 aromatic carbocycles. The second kappa shape index (κ2) is 10.1. The summed E-state index contributed by atoms with van der Waals surface area (Å²) in [5, 5.41) is 3.51. The number of methoxy groups -OCH3 is 1. The molecule has 0 fully saturated rings. The van der Waals surface area contributed by atoms with Crippen LogP contribution >= 0.6 is 23.2 Å². The Kier molecular flexibility index (Phi) is 7.50. The molecule has 0 atom stereocenters. The number of nitrogens with one attached hydrogen (secondary N) is 2. The molecular formula is C22H20Cl2N2O5S. The van der Waals surface area contributed by atoms with Crippen molar-refractivity contribution in [3.63, 3.8) is 0 Å². The number of rotatable bonds is 8. The maximum Gasteiger partial charge on any atom is 0.262 e. The van der Waals surface area contributed by atoms with Crippen molar-refractivity contribution in [3.8, 4) is 11.5 Å². The Hall–Kier alpha value is -2.94. The fourth-order valence-corrected chi connectivity index (χ4v) is 4.20. The molecule has 0 aliphatic heterocycles. The Bertz CT molecular complexity index is 1230. The molecule has 0 aliphatic rings. The zero-order chi connectivity index (χ0) is 23.3. The Morgan fingerprint density at radius 2 is 1.72 bits per heavy atom. The van der Waals surface area contributed by atoms with Crippen LogP contribution in [0.3, 0.4) is 0 Å². The van der Waals surface area contributed by atoms with Crippen LogP contribution in [-0.2, 0) is 14.8 Å². The molecule has 0 aromatic heterocycles. The summed E-state index contributed by atoms with van der Waals surface area (Å²) in [4.78, 5) is 12.2. The number of anilines is 2. The first-order valence-corrected chi connectivity index (χ1v) is 11.6. The molecular weight excluding hydrogens is 475 g/mol. The van der Waals surface area contributed by atoms with Crippen LogP contribution in [0, 0.1) is 6.92 Å². The standard InChI is InChI=1S/C22H20Cl2N2O5S/c1-14-3-4-15(23)11-20(14)25-22(27)13-31-17-6-8-18(9-7-17)32(28,29)26-16-5-10-21(30-2)19(24)12-16/h3-12,26H,13H2,1-2H3,(H,25,27). The zero-order valence-corrected chi connectivity index (χ0v) is 19.5. The average Bonchev–Trinajstić information content (AvgIpc) is 2.75. The lowest BCUT2D eigenvalue weighted by molar-refractivity contribution is -0.118. The fraction of sp³-hybridized carbons (Fsp3) is 0.136. The van der Waals surface area contributed by atoms with Gasteiger partial charge in [0.15, 0.2) is 6.61 Å². The molecule has 0 spiro atoms. The van der Waals surface area contributed by atoms with Gasteiger partial charge in [-0.25, -0.2) is 8.42 Å². The van der Waals surface area contributed by atoms with Gasteiger partial charge in [0.05, 0.1) is 22.7 Å². The lowest BCUT2D eigenvalue weighted by Gasteiger charge is -2.12. The molecule has 7 nitrogen and oxygen atoms in total. The Morgan fingerprint density at radius 3 is 2.38 bits per heavy atom. The summed E-state index contributed by atoms with van der Waals surface area (Å²) >= 11 is 12.0. The highest BCUT2D eigenvalue weighted by Crippen LogP contribution is 2.28. The average molecular weight is 495 g/mol. The fourth-order valence-electron chi connectivity index (χ4n) is 2.72. The summed E-state index contributed by atoms with van der Waals surface area (Å²) in [6.07, 6.45) is 0. The van der Waals surface area contributed by atoms with E-state index in [1.807, 2.05) is 6.92 Å². The van der Waals surface area contributed by atoms with Crippen molar-refractivity contribution in [3.05, 3.63) is 76.3 Å². The van der Waals surface area contributed by atoms with Gasteiger partial charge in [-0.3, -0.25) is 9.52 Å². The summed E-state index contributed by atoms with van der Waals surface area (Å²) in [5.74, 6) is 0.408. The van der Waals surface area contributed by atoms with Crippen LogP contribution in [0.2, 0.25) is 10.0 Å². The van der Waals surface area contributed by atoms with Gasteiger partial charge in [-0.05, 0) is 67.1 Å². The predicted octanol–water partition coefficient (Wildman–Crippen LogP) is 5.13. The first-order chi connectivity index (χ1) is 15.2. The van der Waals surface area contributed by atoms with Crippen LogP contribution in [0.15, 0.2) is 65.6 Å². The van der Waals surface area contributed by atoms with Crippen molar-refractivity contribution < 1.29 is 22.7 Å². The van der Waals surface area contributed by atoms with Gasteiger partial charge in [-0.15, -0.1) is 0 Å². The van der Waals surface area contributed by atoms with Gasteiger partial charge < -0.3 is 14.8 Å². The molecule has 0 unspecified atom stereocenters. The lowest BCUT2D eigenvalue weighted by Crippen LogP contribution is -2.20. The van der Waals surface area contributed by atoms with E-state index in [9.17, 15) is 13.2 Å². The summed E-state index contributed by atoms with van der Waals surface area (Å²) in [6, 6.07) is 15.4. The third-order valence-electron chi connectivity index (χ3n) is 4.38. The van der Waals surface area contributed by atoms with Gasteiger partial charge in [-0.1, -0.05) is 29.3 Å². The number of benzene rings is 3. The van der Waals surface area contributed by atoms with Crippen molar-refractivity contribution in [1.29, 1.82) is 0 Å². The Morgan fingerprint density at radius 1 is 1.00 bits per heavy atom. The predicted molar refractivity (Wildman–Crippen MR) is 126 cm³/mol. The van der Waals surface area contributed by atoms with Gasteiger partial charge in [-0.2, -0.15) is 0 Å². The van der Waals surface area contributed by atoms with E-state index in [4.69, 9.17) is 32.7 Å². The van der Waals surface area contributed by atoms with Crippen LogP contribution in [0.1, 0.15) is 5.56 Å². The molecule has 0 bridgehead atoms. The molecule has 3 rings (SSSR count). The smallest absolute Gasteiger partial charge is 0.262 e. The molecule has 0 radical (unpaired) electrons. The van der Waals surface area contributed by atoms with Crippen molar-refractivity contribution in [2.75, 3.05) is 23.8 Å². The Labute approximate surface area is 196 Å². The quantitative estimate of drug-likeness (QED) is 0.452. The van der Waals surface area contributed by atoms with E-state index in [1.165, 1.54) is 37.4 Å². The van der Waals surface area contributed by atoms with Gasteiger partial charge in [0.25, 0.3) is 15.9 Å². The number of ether oxygens (including phenoxy) is 2. The number of hydrogen-bond donors (Lipinski definition) is 2. The molecule has 10 heteroatoms. The van der Waals surface area contributed by atoms with Gasteiger partial charge in [0.1, 0.15) is 11.5 Å². The highest BCUT2D eigenvalue weighted by molar-refractivity contribution is 7.92. The lowest BCUT2D eigenvalue weighted by atomic mass is 10.2. The van der Waals surface area contributed by atoms with E-state index in [2.05, 4.69) is 10.0 Å². The zero-order valence-electron chi connectivity index (χ0n) is 17.2. The summed E-state index contributed by atoms with van der Waals surface area (Å²) in [5.41, 5.74) is 1.75. The van der Waals surface area contributed by atoms with E-state index < -0.39 is 10.0 Å². The normalized spacial score (nSPS) is 11.0. The second-order valence-electron chi connectivity index (χ2n) is 6.72. The largest absolute Gasteiger partial charge is 0.495 e. The number of hydrogen-bond acceptors (Lipinski definition) is 5. The van der Waals surface area contributed by atoms with E-state index in [0.29, 0.717) is 27.9 Å². The van der Waals surface area contributed by atoms with Crippen molar-refractivity contribution >= 4 is 50.5 Å². The Balaban J connectivity index is 1.61. The van der Waals surface area contributed by atoms with Crippen LogP contribution in [-0.4, -0.2) is 28.0 Å². The summed E-state index contributed by atoms with van der Waals surface area (Å²) < 4.78 is 38.2. The van der Waals surface area contributed by atoms with Crippen LogP contribution < -0.4 is 19.5 Å². The first kappa shape index (κ1) is 23.7. The van der Waals surface area contributed by atoms with Crippen molar-refractivity contribution in [2.45, 2.75) is 11.8 Å².